The van der Waals surface area contributed by atoms with Crippen LogP contribution in [0.25, 0.3) is 0 Å². The molecule has 6 heterocycles. The maximum atomic E-state index is 13.7. The van der Waals surface area contributed by atoms with Gasteiger partial charge in [-0.3, -0.25) is 19.0 Å². The normalized spacial score (nSPS) is 17.4. The summed E-state index contributed by atoms with van der Waals surface area (Å²) in [5.74, 6) is -1.72. The van der Waals surface area contributed by atoms with E-state index in [0.29, 0.717) is 82.9 Å². The second kappa shape index (κ2) is 53.3. The molecule has 4 aliphatic rings. The maximum Gasteiger partial charge on any atom is 0.335 e. The summed E-state index contributed by atoms with van der Waals surface area (Å²) in [5.41, 5.74) is 26.5. The number of hydroxylamine groups is 1. The number of aromatic nitrogens is 4. The molecule has 4 aromatic rings. The number of nitrogens with two attached hydrogens (primary N) is 3. The van der Waals surface area contributed by atoms with E-state index in [0.717, 1.165) is 45.2 Å². The number of hydrogen-bond donors (Lipinski definition) is 6. The highest BCUT2D eigenvalue weighted by Gasteiger charge is 2.47. The summed E-state index contributed by atoms with van der Waals surface area (Å²) in [5, 5.41) is 17.6. The van der Waals surface area contributed by atoms with Gasteiger partial charge in [-0.1, -0.05) is 170 Å². The molecule has 2 aromatic heterocycles. The summed E-state index contributed by atoms with van der Waals surface area (Å²) in [6, 6.07) is 8.42. The molecule has 0 amide bonds. The number of carbonyl (C=O) groups excluding carboxylic acids is 6. The molecule has 4 aliphatic heterocycles. The Morgan fingerprint density at radius 1 is 0.545 bits per heavy atom. The highest BCUT2D eigenvalue weighted by Crippen LogP contribution is 2.44. The molecule has 2 fully saturated rings. The van der Waals surface area contributed by atoms with Crippen molar-refractivity contribution in [2.45, 2.75) is 308 Å². The third kappa shape index (κ3) is 39.6. The monoisotopic (exact) mass is 2210 g/mol. The molecule has 34 nitrogen and oxygen atoms in total. The Bertz CT molecular complexity index is 4580. The zero-order valence-electron chi connectivity index (χ0n) is 83.2. The van der Waals surface area contributed by atoms with Crippen LogP contribution in [0.5, 0.6) is 0 Å². The van der Waals surface area contributed by atoms with Crippen LogP contribution < -0.4 is 22.7 Å². The number of nitrogens with one attached hydrogen (secondary N) is 1. The number of amidine groups is 2. The molecule has 11 N–H and O–H groups in total. The lowest BCUT2D eigenvalue weighted by Crippen LogP contribution is -2.46. The standard InChI is InChI=1S/C25H35BrFN5O4Si.C14H13BrFN5.C12H26O6SSi.C11H23IO3Si.C11H24O4Si.C10H20O3Si.C4H6O3.H2O/c1-14-21-19(31-24(28)29-14)13-18(16-9-8-15(27)12-17(16)26)30-22(21)32-35-11-10-20(23(33)34-5)36-37(6,7)25(2,3)4;1-6-12-11(21-14(18)19-6)5-10(20-13(12)17)8-3-2-7(16)4-9(8)15;1-12(2,3)20(6,7)18-10(11(13)16-4)8-9-17-19(5,14)15;2*1-11(2,3)16(5,6)15-9(7-8-12)10(13)14-4;1-10(2,3)14(4,5)13-8-6-7-12-9(8)11;5-3-1-2-7-4(3)6;/h8-9,12,18,20H,10-11,13H2,1-7H3,(H,30,32)(H2,28,29,31);2-4,10H,5H2,1H3,(H2,17,20)(H2,18,19,21);10H,8-9H2,1-7H3;9H,7-8H2,1-6H3;9,12H,7-8H2,1-6H3;8H,6-7H2,1-5H3;3,5H,1-2H2;1H2/t18-,20+;2*10-;2*9-;8-;3-;/m1100000./s1. The summed E-state index contributed by atoms with van der Waals surface area (Å²) < 4.78 is 114. The van der Waals surface area contributed by atoms with E-state index in [4.69, 9.17) is 78.3 Å². The molecule has 8 atom stereocenters. The highest BCUT2D eigenvalue weighted by molar-refractivity contribution is 14.1. The van der Waals surface area contributed by atoms with E-state index < -0.39 is 106 Å². The van der Waals surface area contributed by atoms with E-state index >= 15 is 0 Å². The molecule has 132 heavy (non-hydrogen) atoms. The van der Waals surface area contributed by atoms with Crippen LogP contribution in [0.2, 0.25) is 90.7 Å². The van der Waals surface area contributed by atoms with E-state index in [1.165, 1.54) is 52.7 Å². The van der Waals surface area contributed by atoms with Crippen LogP contribution in [-0.4, -0.2) is 242 Å². The van der Waals surface area contributed by atoms with Crippen LogP contribution in [0.4, 0.5) is 20.7 Å². The van der Waals surface area contributed by atoms with Gasteiger partial charge in [0, 0.05) is 64.9 Å². The number of rotatable bonds is 28. The summed E-state index contributed by atoms with van der Waals surface area (Å²) in [6.45, 7) is 57.2. The number of benzene rings is 2. The van der Waals surface area contributed by atoms with Crippen LogP contribution in [0, 0.1) is 25.5 Å². The number of cyclic esters (lactones) is 2. The summed E-state index contributed by atoms with van der Waals surface area (Å²) in [4.78, 5) is 101. The van der Waals surface area contributed by atoms with E-state index in [1.807, 2.05) is 26.9 Å². The summed E-state index contributed by atoms with van der Waals surface area (Å²) in [6.07, 6.45) is 0.843. The minimum Gasteiger partial charge on any atom is -0.467 e. The first-order chi connectivity index (χ1) is 59.8. The Morgan fingerprint density at radius 2 is 0.894 bits per heavy atom. The van der Waals surface area contributed by atoms with Gasteiger partial charge in [0.2, 0.25) is 11.9 Å². The first-order valence-corrected chi connectivity index (χ1v) is 62.5. The molecular formula is C87H149Br2F2IN10O24SSi5. The lowest BCUT2D eigenvalue weighted by Gasteiger charge is -2.38. The number of aliphatic imine (C=N–C) groups is 2. The van der Waals surface area contributed by atoms with Gasteiger partial charge in [0.1, 0.15) is 48.0 Å². The first kappa shape index (κ1) is 124. The van der Waals surface area contributed by atoms with Gasteiger partial charge in [0.05, 0.1) is 107 Å². The maximum absolute atomic E-state index is 13.7. The van der Waals surface area contributed by atoms with Crippen molar-refractivity contribution in [3.63, 3.8) is 0 Å². The largest absolute Gasteiger partial charge is 0.467 e. The van der Waals surface area contributed by atoms with Crippen LogP contribution in [0.15, 0.2) is 55.3 Å². The molecule has 0 bridgehead atoms. The molecule has 0 unspecified atom stereocenters. The van der Waals surface area contributed by atoms with Crippen LogP contribution in [0.3, 0.4) is 0 Å². The number of hydrogen-bond acceptors (Lipinski definition) is 33. The number of alkyl halides is 1. The van der Waals surface area contributed by atoms with Crippen molar-refractivity contribution in [2.75, 3.05) is 83.6 Å². The number of esters is 6. The lowest BCUT2D eigenvalue weighted by atomic mass is 9.95. The van der Waals surface area contributed by atoms with E-state index in [2.05, 4.69) is 255 Å². The Hall–Kier alpha value is -5.86. The quantitative estimate of drug-likeness (QED) is 0.00449. The van der Waals surface area contributed by atoms with Crippen molar-refractivity contribution in [2.24, 2.45) is 15.7 Å². The smallest absolute Gasteiger partial charge is 0.335 e. The number of anilines is 2. The van der Waals surface area contributed by atoms with Crippen molar-refractivity contribution in [1.82, 2.24) is 25.4 Å². The van der Waals surface area contributed by atoms with Gasteiger partial charge in [0.25, 0.3) is 10.1 Å². The number of aliphatic hydroxyl groups excluding tert-OH is 2. The zero-order chi connectivity index (χ0) is 101. The van der Waals surface area contributed by atoms with Crippen LogP contribution >= 0.6 is 54.5 Å². The third-order valence-electron chi connectivity index (χ3n) is 23.8. The molecule has 0 radical (unpaired) electrons. The molecule has 2 aromatic carbocycles. The second-order valence-electron chi connectivity index (χ2n) is 39.1. The number of methoxy groups -OCH3 is 4. The molecule has 8 rings (SSSR count). The average Bonchev–Trinajstić information content (AvgIpc) is 0.924. The Morgan fingerprint density at radius 3 is 1.21 bits per heavy atom. The number of aryl methyl sites for hydroxylation is 2. The Labute approximate surface area is 815 Å². The lowest BCUT2D eigenvalue weighted by molar-refractivity contribution is -0.151. The van der Waals surface area contributed by atoms with Crippen molar-refractivity contribution < 1.29 is 121 Å². The van der Waals surface area contributed by atoms with Crippen LogP contribution in [-0.2, 0) is 111 Å². The van der Waals surface area contributed by atoms with E-state index in [-0.39, 0.29) is 117 Å². The zero-order valence-corrected chi connectivity index (χ0v) is 94.3. The SMILES string of the molecule is CC(C)(C)[Si](C)(C)O[C@H]1CCOC1=O.COC(=O)[C@H](CCI)O[Si](C)(C)C(C)(C)C.COC(=O)[C@H](CCO)O[Si](C)(C)C(C)(C)C.COC(=O)[C@H](CCONC1=N[C@@H](c2ccc(F)cc2Br)Cc2nc(N)nc(C)c21)O[Si](C)(C)C(C)(C)C.COC(=O)[C@H](CCOS(C)(=O)=O)O[Si](C)(C)C(C)(C)C.Cc1nc(N)nc2c1C(N)=N[C@@H](c1ccc(F)cc1Br)C2.O.O=C1OCC[C@@H]1O. The molecule has 752 valence electrons. The molecule has 2 saturated heterocycles. The van der Waals surface area contributed by atoms with Crippen molar-refractivity contribution in [3.8, 4) is 0 Å². The van der Waals surface area contributed by atoms with Gasteiger partial charge in [-0.25, -0.2) is 63.0 Å². The summed E-state index contributed by atoms with van der Waals surface area (Å²) in [7, 11) is -8.21. The minimum absolute atomic E-state index is 0. The molecule has 45 heteroatoms. The fraction of sp³-hybridized carbons (Fsp3) is 0.678. The number of nitrogen functional groups attached to an aromatic ring is 2. The van der Waals surface area contributed by atoms with Crippen molar-refractivity contribution >= 4 is 166 Å². The molecule has 0 spiro atoms. The van der Waals surface area contributed by atoms with E-state index in [9.17, 15) is 46.0 Å². The van der Waals surface area contributed by atoms with Gasteiger partial charge >= 0.3 is 35.8 Å². The average molecular weight is 2220 g/mol. The van der Waals surface area contributed by atoms with Crippen molar-refractivity contribution in [3.05, 3.63) is 102 Å². The number of nitrogens with zero attached hydrogens (tertiary/aromatic N) is 6. The predicted molar refractivity (Wildman–Crippen MR) is 534 cm³/mol. The fourth-order valence-corrected chi connectivity index (χ4v) is 19.7. The van der Waals surface area contributed by atoms with Crippen molar-refractivity contribution in [1.29, 1.82) is 0 Å². The third-order valence-corrected chi connectivity index (χ3v) is 48.8. The molecule has 0 aliphatic carbocycles. The van der Waals surface area contributed by atoms with Gasteiger partial charge in [-0.2, -0.15) is 8.42 Å². The van der Waals surface area contributed by atoms with Gasteiger partial charge in [-0.15, -0.1) is 0 Å². The number of halogens is 5. The van der Waals surface area contributed by atoms with Gasteiger partial charge < -0.3 is 83.4 Å². The predicted octanol–water partition coefficient (Wildman–Crippen LogP) is 15.1. The van der Waals surface area contributed by atoms with E-state index in [1.54, 1.807) is 12.1 Å². The minimum atomic E-state index is -3.52. The molecule has 0 saturated carbocycles. The Kier molecular flexibility index (Phi) is 50.2. The van der Waals surface area contributed by atoms with Gasteiger partial charge in [-0.05, 0) is 146 Å². The second-order valence-corrected chi connectivity index (χ2v) is 67.4. The Balaban J connectivity index is 0.000000806. The number of carbonyl (C=O) groups is 6. The van der Waals surface area contributed by atoms with Crippen LogP contribution in [0.1, 0.15) is 199 Å². The number of ether oxygens (including phenoxy) is 6. The first-order valence-electron chi connectivity index (χ1n) is 43.0. The number of fused-ring (bicyclic) bond motifs is 2. The summed E-state index contributed by atoms with van der Waals surface area (Å²) >= 11 is 9.05. The fourth-order valence-electron chi connectivity index (χ4n) is 11.1. The molecular weight excluding hydrogens is 2070 g/mol. The highest BCUT2D eigenvalue weighted by atomic mass is 127. The number of aliphatic hydroxyl groups is 2. The topological polar surface area (TPSA) is 495 Å². The van der Waals surface area contributed by atoms with Gasteiger partial charge in [0.15, 0.2) is 53.5 Å².